The fourth-order valence-corrected chi connectivity index (χ4v) is 9.16. The summed E-state index contributed by atoms with van der Waals surface area (Å²) in [4.78, 5) is 15.8. The highest BCUT2D eigenvalue weighted by molar-refractivity contribution is 6.16. The maximum Gasteiger partial charge on any atom is 0.166 e. The zero-order valence-electron chi connectivity index (χ0n) is 33.6. The van der Waals surface area contributed by atoms with Crippen LogP contribution in [0.4, 0.5) is 0 Å². The SMILES string of the molecule is c1ccc(-c2ccc3c(c2)c2ccccc2n3-c2ccc(-c3cccc4c3c3ccccc3n4-c3ccccc3)cc2-c2nc(-c3ccccc3)nc(-c3ccccc3)n2)cc1. The predicted octanol–water partition coefficient (Wildman–Crippen LogP) is 14.4. The van der Waals surface area contributed by atoms with Gasteiger partial charge in [-0.3, -0.25) is 0 Å². The Morgan fingerprint density at radius 2 is 0.790 bits per heavy atom. The molecular weight excluding hydrogens is 755 g/mol. The summed E-state index contributed by atoms with van der Waals surface area (Å²) in [6.45, 7) is 0. The molecule has 5 nitrogen and oxygen atoms in total. The van der Waals surface area contributed by atoms with Crippen LogP contribution >= 0.6 is 0 Å². The monoisotopic (exact) mass is 791 g/mol. The molecule has 3 aromatic heterocycles. The van der Waals surface area contributed by atoms with Crippen LogP contribution in [0.2, 0.25) is 0 Å². The van der Waals surface area contributed by atoms with Crippen LogP contribution in [0.1, 0.15) is 0 Å². The Labute approximate surface area is 358 Å². The van der Waals surface area contributed by atoms with E-state index in [1.165, 1.54) is 32.7 Å². The summed E-state index contributed by atoms with van der Waals surface area (Å²) < 4.78 is 4.75. The summed E-state index contributed by atoms with van der Waals surface area (Å²) in [6, 6.07) is 79.3. The van der Waals surface area contributed by atoms with Gasteiger partial charge in [-0.25, -0.2) is 15.0 Å². The number of hydrogen-bond acceptors (Lipinski definition) is 3. The van der Waals surface area contributed by atoms with Gasteiger partial charge in [0, 0.05) is 43.9 Å². The second kappa shape index (κ2) is 14.7. The molecule has 0 radical (unpaired) electrons. The molecule has 0 saturated carbocycles. The highest BCUT2D eigenvalue weighted by Gasteiger charge is 2.22. The molecule has 0 unspecified atom stereocenters. The molecule has 12 rings (SSSR count). The second-order valence-electron chi connectivity index (χ2n) is 15.6. The zero-order valence-corrected chi connectivity index (χ0v) is 33.6. The lowest BCUT2D eigenvalue weighted by Gasteiger charge is -2.17. The summed E-state index contributed by atoms with van der Waals surface area (Å²) in [5.41, 5.74) is 14.0. The molecule has 62 heavy (non-hydrogen) atoms. The second-order valence-corrected chi connectivity index (χ2v) is 15.6. The van der Waals surface area contributed by atoms with Crippen LogP contribution in [0.3, 0.4) is 0 Å². The molecule has 0 aliphatic heterocycles. The van der Waals surface area contributed by atoms with Gasteiger partial charge in [0.25, 0.3) is 0 Å². The lowest BCUT2D eigenvalue weighted by molar-refractivity contribution is 1.06. The molecule has 0 bridgehead atoms. The Kier molecular flexibility index (Phi) is 8.42. The van der Waals surface area contributed by atoms with E-state index in [1.807, 2.05) is 36.4 Å². The van der Waals surface area contributed by atoms with E-state index >= 15 is 0 Å². The van der Waals surface area contributed by atoms with Crippen molar-refractivity contribution in [3.05, 3.63) is 224 Å². The van der Waals surface area contributed by atoms with E-state index in [1.54, 1.807) is 0 Å². The smallest absolute Gasteiger partial charge is 0.166 e. The third-order valence-corrected chi connectivity index (χ3v) is 12.0. The number of aromatic nitrogens is 5. The molecule has 0 atom stereocenters. The molecule has 0 spiro atoms. The minimum absolute atomic E-state index is 0.597. The lowest BCUT2D eigenvalue weighted by atomic mass is 9.96. The Morgan fingerprint density at radius 1 is 0.274 bits per heavy atom. The Bertz CT molecular complexity index is 3550. The lowest BCUT2D eigenvalue weighted by Crippen LogP contribution is -2.04. The van der Waals surface area contributed by atoms with Gasteiger partial charge < -0.3 is 9.13 Å². The third-order valence-electron chi connectivity index (χ3n) is 12.0. The van der Waals surface area contributed by atoms with E-state index in [-0.39, 0.29) is 0 Å². The van der Waals surface area contributed by atoms with Gasteiger partial charge in [0.15, 0.2) is 17.5 Å². The van der Waals surface area contributed by atoms with Crippen LogP contribution < -0.4 is 0 Å². The van der Waals surface area contributed by atoms with E-state index < -0.39 is 0 Å². The molecule has 0 amide bonds. The van der Waals surface area contributed by atoms with Crippen molar-refractivity contribution in [1.29, 1.82) is 0 Å². The summed E-state index contributed by atoms with van der Waals surface area (Å²) in [7, 11) is 0. The number of benzene rings is 9. The number of rotatable bonds is 7. The van der Waals surface area contributed by atoms with Crippen molar-refractivity contribution in [2.45, 2.75) is 0 Å². The molecule has 9 aromatic carbocycles. The average Bonchev–Trinajstić information content (AvgIpc) is 3.87. The summed E-state index contributed by atoms with van der Waals surface area (Å²) >= 11 is 0. The van der Waals surface area contributed by atoms with Crippen LogP contribution in [0, 0.1) is 0 Å². The van der Waals surface area contributed by atoms with Crippen molar-refractivity contribution in [1.82, 2.24) is 24.1 Å². The van der Waals surface area contributed by atoms with Crippen molar-refractivity contribution >= 4 is 43.6 Å². The normalized spacial score (nSPS) is 11.5. The fourth-order valence-electron chi connectivity index (χ4n) is 9.16. The molecule has 0 aliphatic rings. The molecule has 0 N–H and O–H groups in total. The van der Waals surface area contributed by atoms with Crippen LogP contribution in [-0.4, -0.2) is 24.1 Å². The molecule has 12 aromatic rings. The van der Waals surface area contributed by atoms with Crippen LogP contribution in [-0.2, 0) is 0 Å². The number of fused-ring (bicyclic) bond motifs is 6. The molecule has 0 fully saturated rings. The minimum atomic E-state index is 0.597. The van der Waals surface area contributed by atoms with Gasteiger partial charge in [-0.15, -0.1) is 0 Å². The van der Waals surface area contributed by atoms with E-state index in [4.69, 9.17) is 15.0 Å². The van der Waals surface area contributed by atoms with Gasteiger partial charge in [0.1, 0.15) is 0 Å². The van der Waals surface area contributed by atoms with Crippen LogP contribution in [0.15, 0.2) is 224 Å². The highest BCUT2D eigenvalue weighted by Crippen LogP contribution is 2.43. The predicted molar refractivity (Wildman–Crippen MR) is 256 cm³/mol. The molecule has 3 heterocycles. The zero-order chi connectivity index (χ0) is 41.0. The first kappa shape index (κ1) is 35.5. The maximum atomic E-state index is 5.34. The number of para-hydroxylation sites is 3. The van der Waals surface area contributed by atoms with Crippen molar-refractivity contribution in [2.24, 2.45) is 0 Å². The van der Waals surface area contributed by atoms with E-state index in [2.05, 4.69) is 197 Å². The first-order valence-electron chi connectivity index (χ1n) is 21.0. The molecule has 0 aliphatic carbocycles. The van der Waals surface area contributed by atoms with Gasteiger partial charge in [0.2, 0.25) is 0 Å². The van der Waals surface area contributed by atoms with Gasteiger partial charge in [0.05, 0.1) is 27.8 Å². The summed E-state index contributed by atoms with van der Waals surface area (Å²) in [6.07, 6.45) is 0. The van der Waals surface area contributed by atoms with Crippen molar-refractivity contribution in [3.63, 3.8) is 0 Å². The van der Waals surface area contributed by atoms with Gasteiger partial charge in [-0.05, 0) is 76.9 Å². The van der Waals surface area contributed by atoms with Crippen LogP contribution in [0.5, 0.6) is 0 Å². The Morgan fingerprint density at radius 3 is 1.47 bits per heavy atom. The molecule has 0 saturated heterocycles. The molecule has 5 heteroatoms. The first-order valence-corrected chi connectivity index (χ1v) is 21.0. The average molecular weight is 792 g/mol. The van der Waals surface area contributed by atoms with E-state index in [0.29, 0.717) is 17.5 Å². The quantitative estimate of drug-likeness (QED) is 0.162. The maximum absolute atomic E-state index is 5.34. The first-order chi connectivity index (χ1) is 30.8. The standard InChI is InChI=1S/C57H37N5/c1-5-18-38(19-6-1)41-32-34-51-47(36-41)45-26-13-15-29-49(45)62(51)52-35-33-42(44-28-17-31-53-54(44)46-27-14-16-30-50(46)61(53)43-24-11-4-12-25-43)37-48(52)57-59-55(39-20-7-2-8-21-39)58-56(60-57)40-22-9-3-10-23-40/h1-37H. The molecule has 290 valence electrons. The van der Waals surface area contributed by atoms with Crippen molar-refractivity contribution in [3.8, 4) is 67.8 Å². The van der Waals surface area contributed by atoms with Gasteiger partial charge >= 0.3 is 0 Å². The van der Waals surface area contributed by atoms with Crippen molar-refractivity contribution < 1.29 is 0 Å². The molecular formula is C57H37N5. The third kappa shape index (κ3) is 5.90. The number of hydrogen-bond donors (Lipinski definition) is 0. The Balaban J connectivity index is 1.16. The number of nitrogens with zero attached hydrogens (tertiary/aromatic N) is 5. The summed E-state index contributed by atoms with van der Waals surface area (Å²) in [5.74, 6) is 1.84. The highest BCUT2D eigenvalue weighted by atomic mass is 15.1. The fraction of sp³-hybridized carbons (Fsp3) is 0. The Hall–Kier alpha value is -8.41. The van der Waals surface area contributed by atoms with Crippen molar-refractivity contribution in [2.75, 3.05) is 0 Å². The largest absolute Gasteiger partial charge is 0.309 e. The minimum Gasteiger partial charge on any atom is -0.309 e. The van der Waals surface area contributed by atoms with Crippen LogP contribution in [0.25, 0.3) is 111 Å². The van der Waals surface area contributed by atoms with Gasteiger partial charge in [-0.1, -0.05) is 170 Å². The van der Waals surface area contributed by atoms with E-state index in [9.17, 15) is 0 Å². The van der Waals surface area contributed by atoms with Gasteiger partial charge in [-0.2, -0.15) is 0 Å². The van der Waals surface area contributed by atoms with E-state index in [0.717, 1.165) is 61.3 Å². The topological polar surface area (TPSA) is 48.5 Å². The summed E-state index contributed by atoms with van der Waals surface area (Å²) in [5, 5.41) is 4.75.